The Balaban J connectivity index is 1.75. The van der Waals surface area contributed by atoms with Gasteiger partial charge in [-0.3, -0.25) is 4.79 Å². The summed E-state index contributed by atoms with van der Waals surface area (Å²) in [6.07, 6.45) is 2.13. The molecule has 26 heavy (non-hydrogen) atoms. The Morgan fingerprint density at radius 2 is 1.92 bits per heavy atom. The molecule has 0 aliphatic carbocycles. The maximum absolute atomic E-state index is 13.8. The van der Waals surface area contributed by atoms with E-state index in [9.17, 15) is 14.0 Å². The standard InChI is InChI=1S/C19H17ClFN3O2/c1-19(11-10-13-6-3-2-4-7-13)17(25)24(18(26)23-19)22-12-14-15(20)8-5-9-16(14)21/h2-9,12H,10-11H2,1H3,(H,23,26)/t19-/m0/s1. The third kappa shape index (κ3) is 3.60. The molecule has 1 fully saturated rings. The maximum atomic E-state index is 13.8. The average Bonchev–Trinajstić information content (AvgIpc) is 2.84. The van der Waals surface area contributed by atoms with Gasteiger partial charge in [-0.2, -0.15) is 5.10 Å². The first-order valence-corrected chi connectivity index (χ1v) is 8.47. The number of aryl methyl sites for hydroxylation is 1. The normalized spacial score (nSPS) is 20.0. The van der Waals surface area contributed by atoms with Crippen LogP contribution in [0.1, 0.15) is 24.5 Å². The zero-order valence-corrected chi connectivity index (χ0v) is 14.8. The van der Waals surface area contributed by atoms with E-state index in [2.05, 4.69) is 10.4 Å². The lowest BCUT2D eigenvalue weighted by molar-refractivity contribution is -0.130. The summed E-state index contributed by atoms with van der Waals surface area (Å²) in [6, 6.07) is 13.2. The molecule has 3 rings (SSSR count). The molecule has 2 aromatic rings. The highest BCUT2D eigenvalue weighted by Crippen LogP contribution is 2.24. The second-order valence-corrected chi connectivity index (χ2v) is 6.65. The third-order valence-electron chi connectivity index (χ3n) is 4.30. The number of hydrazone groups is 1. The average molecular weight is 374 g/mol. The highest BCUT2D eigenvalue weighted by Gasteiger charge is 2.47. The molecule has 1 aliphatic heterocycles. The topological polar surface area (TPSA) is 61.8 Å². The van der Waals surface area contributed by atoms with Crippen LogP contribution in [0.25, 0.3) is 0 Å². The second kappa shape index (κ2) is 7.25. The van der Waals surface area contributed by atoms with Crippen LogP contribution < -0.4 is 5.32 Å². The van der Waals surface area contributed by atoms with Crippen LogP contribution in [0.4, 0.5) is 9.18 Å². The van der Waals surface area contributed by atoms with Crippen LogP contribution in [0.5, 0.6) is 0 Å². The summed E-state index contributed by atoms with van der Waals surface area (Å²) in [5.74, 6) is -1.07. The number of nitrogens with zero attached hydrogens (tertiary/aromatic N) is 2. The molecule has 0 radical (unpaired) electrons. The summed E-state index contributed by atoms with van der Waals surface area (Å²) in [5, 5.41) is 7.37. The van der Waals surface area contributed by atoms with Crippen molar-refractivity contribution in [2.75, 3.05) is 0 Å². The van der Waals surface area contributed by atoms with Crippen molar-refractivity contribution < 1.29 is 14.0 Å². The largest absolute Gasteiger partial charge is 0.346 e. The lowest BCUT2D eigenvalue weighted by Gasteiger charge is -2.20. The van der Waals surface area contributed by atoms with E-state index in [0.717, 1.165) is 11.8 Å². The number of carbonyl (C=O) groups is 2. The number of nitrogens with one attached hydrogen (secondary N) is 1. The van der Waals surface area contributed by atoms with Crippen molar-refractivity contribution in [1.82, 2.24) is 10.3 Å². The summed E-state index contributed by atoms with van der Waals surface area (Å²) < 4.78 is 13.8. The van der Waals surface area contributed by atoms with Crippen LogP contribution in [0, 0.1) is 5.82 Å². The van der Waals surface area contributed by atoms with Gasteiger partial charge in [0.15, 0.2) is 0 Å². The van der Waals surface area contributed by atoms with E-state index in [1.54, 1.807) is 6.92 Å². The van der Waals surface area contributed by atoms with Crippen LogP contribution in [0.2, 0.25) is 5.02 Å². The summed E-state index contributed by atoms with van der Waals surface area (Å²) in [6.45, 7) is 1.65. The van der Waals surface area contributed by atoms with E-state index < -0.39 is 23.3 Å². The summed E-state index contributed by atoms with van der Waals surface area (Å²) >= 11 is 5.93. The fraction of sp³-hybridized carbons (Fsp3) is 0.211. The van der Waals surface area contributed by atoms with Gasteiger partial charge < -0.3 is 5.32 Å². The van der Waals surface area contributed by atoms with Crippen LogP contribution >= 0.6 is 11.6 Å². The molecule has 1 saturated heterocycles. The fourth-order valence-corrected chi connectivity index (χ4v) is 2.94. The van der Waals surface area contributed by atoms with E-state index in [1.807, 2.05) is 30.3 Å². The molecular weight excluding hydrogens is 357 g/mol. The van der Waals surface area contributed by atoms with Crippen molar-refractivity contribution in [2.45, 2.75) is 25.3 Å². The van der Waals surface area contributed by atoms with Gasteiger partial charge in [0.2, 0.25) is 0 Å². The summed E-state index contributed by atoms with van der Waals surface area (Å²) in [5.41, 5.74) is 0.0204. The van der Waals surface area contributed by atoms with E-state index in [4.69, 9.17) is 11.6 Å². The second-order valence-electron chi connectivity index (χ2n) is 6.24. The zero-order valence-electron chi connectivity index (χ0n) is 14.1. The Kier molecular flexibility index (Phi) is 5.04. The molecule has 0 saturated carbocycles. The Morgan fingerprint density at radius 3 is 2.62 bits per heavy atom. The van der Waals surface area contributed by atoms with Crippen molar-refractivity contribution in [3.05, 3.63) is 70.5 Å². The molecule has 1 N–H and O–H groups in total. The molecule has 0 bridgehead atoms. The van der Waals surface area contributed by atoms with Crippen LogP contribution in [-0.4, -0.2) is 28.7 Å². The van der Waals surface area contributed by atoms with Crippen molar-refractivity contribution in [1.29, 1.82) is 0 Å². The Bertz CT molecular complexity index is 852. The van der Waals surface area contributed by atoms with E-state index in [1.165, 1.54) is 18.2 Å². The first kappa shape index (κ1) is 18.1. The van der Waals surface area contributed by atoms with Gasteiger partial charge in [0, 0.05) is 5.56 Å². The molecule has 7 heteroatoms. The minimum Gasteiger partial charge on any atom is -0.322 e. The fourth-order valence-electron chi connectivity index (χ4n) is 2.73. The van der Waals surface area contributed by atoms with Crippen LogP contribution in [-0.2, 0) is 11.2 Å². The van der Waals surface area contributed by atoms with E-state index in [-0.39, 0.29) is 10.6 Å². The van der Waals surface area contributed by atoms with Crippen molar-refractivity contribution in [2.24, 2.45) is 5.10 Å². The molecule has 134 valence electrons. The Hall–Kier alpha value is -2.73. The number of hydrogen-bond acceptors (Lipinski definition) is 3. The molecule has 0 aromatic heterocycles. The van der Waals surface area contributed by atoms with Crippen LogP contribution in [0.3, 0.4) is 0 Å². The zero-order chi connectivity index (χ0) is 18.7. The predicted octanol–water partition coefficient (Wildman–Crippen LogP) is 3.76. The molecule has 1 heterocycles. The number of hydrogen-bond donors (Lipinski definition) is 1. The van der Waals surface area contributed by atoms with Crippen molar-refractivity contribution in [3.63, 3.8) is 0 Å². The molecule has 1 atom stereocenters. The minimum absolute atomic E-state index is 0.0210. The van der Waals surface area contributed by atoms with Crippen molar-refractivity contribution >= 4 is 29.8 Å². The summed E-state index contributed by atoms with van der Waals surface area (Å²) in [7, 11) is 0. The first-order chi connectivity index (χ1) is 12.4. The number of benzene rings is 2. The number of urea groups is 1. The third-order valence-corrected chi connectivity index (χ3v) is 4.63. The predicted molar refractivity (Wildman–Crippen MR) is 97.5 cm³/mol. The highest BCUT2D eigenvalue weighted by molar-refractivity contribution is 6.33. The van der Waals surface area contributed by atoms with Gasteiger partial charge in [0.1, 0.15) is 11.4 Å². The van der Waals surface area contributed by atoms with Gasteiger partial charge >= 0.3 is 6.03 Å². The quantitative estimate of drug-likeness (QED) is 0.640. The van der Waals surface area contributed by atoms with Gasteiger partial charge in [-0.15, -0.1) is 5.01 Å². The lowest BCUT2D eigenvalue weighted by atomic mass is 9.93. The van der Waals surface area contributed by atoms with Crippen molar-refractivity contribution in [3.8, 4) is 0 Å². The van der Waals surface area contributed by atoms with Gasteiger partial charge in [0.05, 0.1) is 11.2 Å². The number of amides is 3. The number of rotatable bonds is 5. The Labute approximate surface area is 155 Å². The molecule has 5 nitrogen and oxygen atoms in total. The number of imide groups is 1. The molecule has 3 amide bonds. The molecular formula is C19H17ClFN3O2. The van der Waals surface area contributed by atoms with Gasteiger partial charge in [-0.1, -0.05) is 48.0 Å². The molecule has 0 spiro atoms. The minimum atomic E-state index is -1.07. The highest BCUT2D eigenvalue weighted by atomic mass is 35.5. The molecule has 2 aromatic carbocycles. The SMILES string of the molecule is C[C@@]1(CCc2ccccc2)NC(=O)N(N=Cc2c(F)cccc2Cl)C1=O. The van der Waals surface area contributed by atoms with E-state index in [0.29, 0.717) is 17.9 Å². The molecule has 1 aliphatic rings. The Morgan fingerprint density at radius 1 is 1.19 bits per heavy atom. The smallest absolute Gasteiger partial charge is 0.322 e. The van der Waals surface area contributed by atoms with E-state index >= 15 is 0 Å². The number of halogens is 2. The maximum Gasteiger partial charge on any atom is 0.346 e. The van der Waals surface area contributed by atoms with Crippen LogP contribution in [0.15, 0.2) is 53.6 Å². The summed E-state index contributed by atoms with van der Waals surface area (Å²) in [4.78, 5) is 24.8. The van der Waals surface area contributed by atoms with Gasteiger partial charge in [-0.05, 0) is 37.5 Å². The first-order valence-electron chi connectivity index (χ1n) is 8.09. The monoisotopic (exact) mass is 373 g/mol. The number of carbonyl (C=O) groups excluding carboxylic acids is 2. The van der Waals surface area contributed by atoms with Gasteiger partial charge in [-0.25, -0.2) is 9.18 Å². The lowest BCUT2D eigenvalue weighted by Crippen LogP contribution is -2.44. The van der Waals surface area contributed by atoms with Gasteiger partial charge in [0.25, 0.3) is 5.91 Å². The molecule has 0 unspecified atom stereocenters.